The molecule has 104 valence electrons. The fourth-order valence-corrected chi connectivity index (χ4v) is 2.63. The van der Waals surface area contributed by atoms with Crippen LogP contribution in [0.2, 0.25) is 0 Å². The number of carboxylic acid groups (broad SMARTS) is 1. The Morgan fingerprint density at radius 1 is 1.44 bits per heavy atom. The molecule has 0 aromatic carbocycles. The molecule has 0 aromatic heterocycles. The van der Waals surface area contributed by atoms with Gasteiger partial charge in [0.25, 0.3) is 0 Å². The molecule has 18 heavy (non-hydrogen) atoms. The van der Waals surface area contributed by atoms with E-state index in [2.05, 4.69) is 0 Å². The lowest BCUT2D eigenvalue weighted by Gasteiger charge is -2.39. The van der Waals surface area contributed by atoms with Crippen molar-refractivity contribution in [2.24, 2.45) is 11.1 Å². The summed E-state index contributed by atoms with van der Waals surface area (Å²) in [5, 5.41) is 9.53. The van der Waals surface area contributed by atoms with Crippen LogP contribution in [0.1, 0.15) is 46.5 Å². The Hall–Kier alpha value is -1.10. The summed E-state index contributed by atoms with van der Waals surface area (Å²) in [6, 6.07) is 0. The highest BCUT2D eigenvalue weighted by molar-refractivity contribution is 5.90. The van der Waals surface area contributed by atoms with E-state index in [1.807, 2.05) is 6.92 Å². The highest BCUT2D eigenvalue weighted by Crippen LogP contribution is 2.36. The van der Waals surface area contributed by atoms with Crippen molar-refractivity contribution in [3.05, 3.63) is 0 Å². The van der Waals surface area contributed by atoms with E-state index >= 15 is 0 Å². The monoisotopic (exact) mass is 256 g/mol. The summed E-state index contributed by atoms with van der Waals surface area (Å²) in [4.78, 5) is 25.6. The summed E-state index contributed by atoms with van der Waals surface area (Å²) in [6.45, 7) is 6.23. The first kappa shape index (κ1) is 15.0. The summed E-state index contributed by atoms with van der Waals surface area (Å²) in [5.41, 5.74) is 3.91. The second-order valence-corrected chi connectivity index (χ2v) is 5.74. The predicted molar refractivity (Wildman–Crippen MR) is 69.1 cm³/mol. The zero-order valence-electron chi connectivity index (χ0n) is 11.5. The Morgan fingerprint density at radius 3 is 2.50 bits per heavy atom. The quantitative estimate of drug-likeness (QED) is 0.774. The van der Waals surface area contributed by atoms with Crippen molar-refractivity contribution in [1.29, 1.82) is 0 Å². The van der Waals surface area contributed by atoms with Crippen molar-refractivity contribution < 1.29 is 14.7 Å². The number of likely N-dealkylation sites (tertiary alicyclic amines) is 1. The average Bonchev–Trinajstić information content (AvgIpc) is 2.73. The van der Waals surface area contributed by atoms with Gasteiger partial charge in [0.15, 0.2) is 0 Å². The lowest BCUT2D eigenvalue weighted by molar-refractivity contribution is -0.160. The zero-order chi connectivity index (χ0) is 14.0. The van der Waals surface area contributed by atoms with Crippen LogP contribution < -0.4 is 5.73 Å². The van der Waals surface area contributed by atoms with Crippen LogP contribution in [0.25, 0.3) is 0 Å². The van der Waals surface area contributed by atoms with Gasteiger partial charge in [-0.3, -0.25) is 4.79 Å². The summed E-state index contributed by atoms with van der Waals surface area (Å²) >= 11 is 0. The number of rotatable bonds is 5. The van der Waals surface area contributed by atoms with Crippen LogP contribution in [0.3, 0.4) is 0 Å². The van der Waals surface area contributed by atoms with Gasteiger partial charge in [-0.15, -0.1) is 0 Å². The SMILES string of the molecule is CCCC1(C(=O)O)CCCN1C(=O)C(C)(C)CN. The van der Waals surface area contributed by atoms with Crippen LogP contribution in [-0.4, -0.2) is 40.5 Å². The van der Waals surface area contributed by atoms with Gasteiger partial charge in [0.1, 0.15) is 5.54 Å². The Labute approximate surface area is 108 Å². The first-order valence-electron chi connectivity index (χ1n) is 6.57. The molecule has 1 rings (SSSR count). The fraction of sp³-hybridized carbons (Fsp3) is 0.846. The maximum absolute atomic E-state index is 12.5. The van der Waals surface area contributed by atoms with Gasteiger partial charge in [0.05, 0.1) is 5.41 Å². The van der Waals surface area contributed by atoms with Crippen LogP contribution in [0, 0.1) is 5.41 Å². The standard InChI is InChI=1S/C13H24N2O3/c1-4-6-13(11(17)18)7-5-8-15(13)10(16)12(2,3)9-14/h4-9,14H2,1-3H3,(H,17,18). The molecule has 0 radical (unpaired) electrons. The van der Waals surface area contributed by atoms with Gasteiger partial charge in [0, 0.05) is 13.1 Å². The number of hydrogen-bond donors (Lipinski definition) is 2. The minimum absolute atomic E-state index is 0.140. The molecule has 0 spiro atoms. The molecule has 0 saturated carbocycles. The molecule has 1 heterocycles. The van der Waals surface area contributed by atoms with Gasteiger partial charge in [-0.1, -0.05) is 13.3 Å². The second kappa shape index (κ2) is 5.26. The number of aliphatic carboxylic acids is 1. The summed E-state index contributed by atoms with van der Waals surface area (Å²) in [5.74, 6) is -1.03. The van der Waals surface area contributed by atoms with E-state index in [1.165, 1.54) is 0 Å². The summed E-state index contributed by atoms with van der Waals surface area (Å²) in [7, 11) is 0. The van der Waals surface area contributed by atoms with E-state index in [-0.39, 0.29) is 12.5 Å². The molecule has 1 saturated heterocycles. The average molecular weight is 256 g/mol. The van der Waals surface area contributed by atoms with Gasteiger partial charge < -0.3 is 15.7 Å². The maximum Gasteiger partial charge on any atom is 0.329 e. The first-order chi connectivity index (χ1) is 8.31. The fourth-order valence-electron chi connectivity index (χ4n) is 2.63. The molecule has 3 N–H and O–H groups in total. The normalized spacial score (nSPS) is 24.3. The van der Waals surface area contributed by atoms with E-state index in [0.717, 1.165) is 12.8 Å². The molecule has 1 aliphatic heterocycles. The predicted octanol–water partition coefficient (Wildman–Crippen LogP) is 1.22. The second-order valence-electron chi connectivity index (χ2n) is 5.74. The number of hydrogen-bond acceptors (Lipinski definition) is 3. The number of nitrogens with two attached hydrogens (primary N) is 1. The van der Waals surface area contributed by atoms with Crippen molar-refractivity contribution in [3.8, 4) is 0 Å². The van der Waals surface area contributed by atoms with Gasteiger partial charge in [-0.25, -0.2) is 4.79 Å². The number of carbonyl (C=O) groups is 2. The molecule has 0 bridgehead atoms. The third-order valence-corrected chi connectivity index (χ3v) is 3.88. The molecule has 1 unspecified atom stereocenters. The van der Waals surface area contributed by atoms with Crippen molar-refractivity contribution in [1.82, 2.24) is 4.90 Å². The van der Waals surface area contributed by atoms with Gasteiger partial charge in [-0.2, -0.15) is 0 Å². The van der Waals surface area contributed by atoms with Crippen LogP contribution in [0.4, 0.5) is 0 Å². The van der Waals surface area contributed by atoms with Crippen molar-refractivity contribution in [3.63, 3.8) is 0 Å². The van der Waals surface area contributed by atoms with E-state index < -0.39 is 16.9 Å². The molecule has 0 aromatic rings. The number of nitrogens with zero attached hydrogens (tertiary/aromatic N) is 1. The highest BCUT2D eigenvalue weighted by atomic mass is 16.4. The Morgan fingerprint density at radius 2 is 2.06 bits per heavy atom. The summed E-state index contributed by atoms with van der Waals surface area (Å²) < 4.78 is 0. The zero-order valence-corrected chi connectivity index (χ0v) is 11.5. The number of carbonyl (C=O) groups excluding carboxylic acids is 1. The lowest BCUT2D eigenvalue weighted by Crippen LogP contribution is -2.57. The number of amides is 1. The molecule has 5 nitrogen and oxygen atoms in total. The summed E-state index contributed by atoms with van der Waals surface area (Å²) in [6.07, 6.45) is 2.55. The molecule has 1 aliphatic rings. The largest absolute Gasteiger partial charge is 0.479 e. The van der Waals surface area contributed by atoms with Crippen molar-refractivity contribution in [2.75, 3.05) is 13.1 Å². The van der Waals surface area contributed by atoms with Crippen LogP contribution in [0.15, 0.2) is 0 Å². The van der Waals surface area contributed by atoms with E-state index in [4.69, 9.17) is 5.73 Å². The topological polar surface area (TPSA) is 83.6 Å². The third-order valence-electron chi connectivity index (χ3n) is 3.88. The van der Waals surface area contributed by atoms with Crippen molar-refractivity contribution in [2.45, 2.75) is 52.0 Å². The van der Waals surface area contributed by atoms with E-state index in [0.29, 0.717) is 19.4 Å². The molecular weight excluding hydrogens is 232 g/mol. The first-order valence-corrected chi connectivity index (χ1v) is 6.57. The Kier molecular flexibility index (Phi) is 4.37. The van der Waals surface area contributed by atoms with E-state index in [9.17, 15) is 14.7 Å². The van der Waals surface area contributed by atoms with Crippen molar-refractivity contribution >= 4 is 11.9 Å². The molecule has 1 amide bonds. The lowest BCUT2D eigenvalue weighted by atomic mass is 9.86. The van der Waals surface area contributed by atoms with Gasteiger partial charge in [-0.05, 0) is 33.1 Å². The van der Waals surface area contributed by atoms with Crippen LogP contribution in [0.5, 0.6) is 0 Å². The Bertz CT molecular complexity index is 341. The molecule has 1 atom stereocenters. The Balaban J connectivity index is 3.06. The van der Waals surface area contributed by atoms with Crippen LogP contribution >= 0.6 is 0 Å². The number of carboxylic acids is 1. The maximum atomic E-state index is 12.5. The molecule has 0 aliphatic carbocycles. The molecule has 5 heteroatoms. The van der Waals surface area contributed by atoms with Gasteiger partial charge in [0.2, 0.25) is 5.91 Å². The van der Waals surface area contributed by atoms with E-state index in [1.54, 1.807) is 18.7 Å². The minimum Gasteiger partial charge on any atom is -0.479 e. The molecular formula is C13H24N2O3. The smallest absolute Gasteiger partial charge is 0.329 e. The molecule has 1 fully saturated rings. The minimum atomic E-state index is -1.02. The van der Waals surface area contributed by atoms with Gasteiger partial charge >= 0.3 is 5.97 Å². The highest BCUT2D eigenvalue weighted by Gasteiger charge is 2.51. The van der Waals surface area contributed by atoms with Crippen LogP contribution in [-0.2, 0) is 9.59 Å². The third kappa shape index (κ3) is 2.36.